The Morgan fingerprint density at radius 3 is 2.67 bits per heavy atom. The van der Waals surface area contributed by atoms with E-state index in [1.165, 1.54) is 5.56 Å². The van der Waals surface area contributed by atoms with Gasteiger partial charge in [-0.05, 0) is 53.4 Å². The molecule has 4 nitrogen and oxygen atoms in total. The van der Waals surface area contributed by atoms with Crippen molar-refractivity contribution < 1.29 is 14.6 Å². The number of methoxy groups -OCH3 is 1. The fraction of sp³-hybridized carbons (Fsp3) is 0.562. The van der Waals surface area contributed by atoms with E-state index in [1.807, 2.05) is 18.2 Å². The van der Waals surface area contributed by atoms with Crippen LogP contribution in [0.1, 0.15) is 38.7 Å². The molecule has 0 aromatic heterocycles. The van der Waals surface area contributed by atoms with Crippen molar-refractivity contribution in [2.75, 3.05) is 7.11 Å². The summed E-state index contributed by atoms with van der Waals surface area (Å²) in [5, 5.41) is 12.3. The van der Waals surface area contributed by atoms with Gasteiger partial charge in [0.25, 0.3) is 0 Å². The van der Waals surface area contributed by atoms with Crippen LogP contribution >= 0.6 is 15.9 Å². The number of carboxylic acid groups (broad SMARTS) is 1. The van der Waals surface area contributed by atoms with E-state index in [-0.39, 0.29) is 5.92 Å². The van der Waals surface area contributed by atoms with Crippen LogP contribution in [-0.2, 0) is 11.3 Å². The van der Waals surface area contributed by atoms with Crippen LogP contribution in [-0.4, -0.2) is 24.2 Å². The molecule has 21 heavy (non-hydrogen) atoms. The number of carbonyl (C=O) groups is 1. The maximum Gasteiger partial charge on any atom is 0.306 e. The van der Waals surface area contributed by atoms with E-state index < -0.39 is 5.97 Å². The van der Waals surface area contributed by atoms with Gasteiger partial charge in [-0.25, -0.2) is 0 Å². The van der Waals surface area contributed by atoms with Crippen molar-refractivity contribution >= 4 is 21.9 Å². The monoisotopic (exact) mass is 357 g/mol. The van der Waals surface area contributed by atoms with Crippen LogP contribution in [0, 0.1) is 5.92 Å². The zero-order valence-electron chi connectivity index (χ0n) is 12.9. The Kier molecular flexibility index (Phi) is 7.75. The molecule has 118 valence electrons. The Morgan fingerprint density at radius 1 is 1.38 bits per heavy atom. The third kappa shape index (κ3) is 6.48. The molecule has 1 aromatic carbocycles. The summed E-state index contributed by atoms with van der Waals surface area (Å²) in [6.07, 6.45) is 2.64. The predicted molar refractivity (Wildman–Crippen MR) is 87.6 cm³/mol. The maximum atomic E-state index is 10.7. The highest BCUT2D eigenvalue weighted by atomic mass is 79.9. The Hall–Kier alpha value is -1.07. The Morgan fingerprint density at radius 2 is 2.10 bits per heavy atom. The van der Waals surface area contributed by atoms with Gasteiger partial charge < -0.3 is 15.2 Å². The zero-order valence-corrected chi connectivity index (χ0v) is 14.4. The van der Waals surface area contributed by atoms with E-state index in [2.05, 4.69) is 28.2 Å². The molecule has 0 saturated heterocycles. The second-order valence-corrected chi connectivity index (χ2v) is 6.28. The quantitative estimate of drug-likeness (QED) is 0.705. The lowest BCUT2D eigenvalue weighted by Crippen LogP contribution is -2.25. The summed E-state index contributed by atoms with van der Waals surface area (Å²) in [5.41, 5.74) is 1.19. The van der Waals surface area contributed by atoms with Crippen LogP contribution in [0.2, 0.25) is 0 Å². The van der Waals surface area contributed by atoms with Gasteiger partial charge in [0.1, 0.15) is 5.75 Å². The fourth-order valence-corrected chi connectivity index (χ4v) is 2.66. The number of aliphatic carboxylic acids is 1. The molecule has 0 spiro atoms. The van der Waals surface area contributed by atoms with Gasteiger partial charge in [0.05, 0.1) is 17.5 Å². The van der Waals surface area contributed by atoms with E-state index in [4.69, 9.17) is 9.84 Å². The average molecular weight is 358 g/mol. The smallest absolute Gasteiger partial charge is 0.306 e. The molecule has 0 saturated carbocycles. The van der Waals surface area contributed by atoms with Crippen molar-refractivity contribution in [3.63, 3.8) is 0 Å². The molecule has 1 aromatic rings. The standard InChI is InChI=1S/C16H24BrNO3/c1-11(16(19)20)5-4-6-12(2)18-10-13-7-8-15(21-3)14(17)9-13/h7-9,11-12,18H,4-6,10H2,1-3H3,(H,19,20). The maximum absolute atomic E-state index is 10.7. The van der Waals surface area contributed by atoms with Gasteiger partial charge in [-0.2, -0.15) is 0 Å². The molecular formula is C16H24BrNO3. The molecule has 0 aliphatic rings. The molecule has 0 radical (unpaired) electrons. The highest BCUT2D eigenvalue weighted by molar-refractivity contribution is 9.10. The van der Waals surface area contributed by atoms with Crippen molar-refractivity contribution in [3.05, 3.63) is 28.2 Å². The molecule has 0 bridgehead atoms. The first-order valence-electron chi connectivity index (χ1n) is 7.22. The second kappa shape index (κ2) is 9.05. The van der Waals surface area contributed by atoms with E-state index >= 15 is 0 Å². The summed E-state index contributed by atoms with van der Waals surface area (Å²) < 4.78 is 6.16. The predicted octanol–water partition coefficient (Wildman–Crippen LogP) is 3.83. The number of halogens is 1. The summed E-state index contributed by atoms with van der Waals surface area (Å²) in [6.45, 7) is 4.68. The van der Waals surface area contributed by atoms with Crippen molar-refractivity contribution in [3.8, 4) is 5.75 Å². The summed E-state index contributed by atoms with van der Waals surface area (Å²) in [7, 11) is 1.65. The van der Waals surface area contributed by atoms with Crippen molar-refractivity contribution in [1.29, 1.82) is 0 Å². The Labute approximate surface area is 135 Å². The molecular weight excluding hydrogens is 334 g/mol. The summed E-state index contributed by atoms with van der Waals surface area (Å²) in [4.78, 5) is 10.7. The third-order valence-electron chi connectivity index (χ3n) is 3.57. The topological polar surface area (TPSA) is 58.6 Å². The van der Waals surface area contributed by atoms with Crippen LogP contribution in [0.15, 0.2) is 22.7 Å². The Balaban J connectivity index is 2.31. The molecule has 2 N–H and O–H groups in total. The first-order chi connectivity index (χ1) is 9.93. The average Bonchev–Trinajstić information content (AvgIpc) is 2.45. The fourth-order valence-electron chi connectivity index (χ4n) is 2.07. The minimum Gasteiger partial charge on any atom is -0.496 e. The summed E-state index contributed by atoms with van der Waals surface area (Å²) in [6, 6.07) is 6.40. The van der Waals surface area contributed by atoms with Gasteiger partial charge in [0.15, 0.2) is 0 Å². The zero-order chi connectivity index (χ0) is 15.8. The number of hydrogen-bond donors (Lipinski definition) is 2. The minimum absolute atomic E-state index is 0.255. The first-order valence-corrected chi connectivity index (χ1v) is 8.02. The van der Waals surface area contributed by atoms with Gasteiger partial charge in [-0.3, -0.25) is 4.79 Å². The van der Waals surface area contributed by atoms with Crippen LogP contribution in [0.3, 0.4) is 0 Å². The minimum atomic E-state index is -0.710. The number of benzene rings is 1. The lowest BCUT2D eigenvalue weighted by atomic mass is 10.0. The lowest BCUT2D eigenvalue weighted by Gasteiger charge is -2.15. The number of nitrogens with one attached hydrogen (secondary N) is 1. The van der Waals surface area contributed by atoms with Gasteiger partial charge in [0, 0.05) is 12.6 Å². The molecule has 1 rings (SSSR count). The SMILES string of the molecule is COc1ccc(CNC(C)CCCC(C)C(=O)O)cc1Br. The van der Waals surface area contributed by atoms with Crippen LogP contribution in [0.5, 0.6) is 5.75 Å². The molecule has 0 aliphatic carbocycles. The van der Waals surface area contributed by atoms with Gasteiger partial charge in [0.2, 0.25) is 0 Å². The first kappa shape index (κ1) is 18.0. The van der Waals surface area contributed by atoms with Crippen molar-refractivity contribution in [1.82, 2.24) is 5.32 Å². The van der Waals surface area contributed by atoms with E-state index in [0.717, 1.165) is 36.0 Å². The highest BCUT2D eigenvalue weighted by Gasteiger charge is 2.11. The molecule has 0 fully saturated rings. The lowest BCUT2D eigenvalue weighted by molar-refractivity contribution is -0.141. The number of ether oxygens (including phenoxy) is 1. The van der Waals surface area contributed by atoms with Gasteiger partial charge in [-0.1, -0.05) is 19.4 Å². The summed E-state index contributed by atoms with van der Waals surface area (Å²) in [5.74, 6) is -0.136. The summed E-state index contributed by atoms with van der Waals surface area (Å²) >= 11 is 3.48. The molecule has 0 amide bonds. The van der Waals surface area contributed by atoms with Gasteiger partial charge in [-0.15, -0.1) is 0 Å². The van der Waals surface area contributed by atoms with Gasteiger partial charge >= 0.3 is 5.97 Å². The van der Waals surface area contributed by atoms with E-state index in [0.29, 0.717) is 6.04 Å². The van der Waals surface area contributed by atoms with Crippen molar-refractivity contribution in [2.24, 2.45) is 5.92 Å². The molecule has 5 heteroatoms. The van der Waals surface area contributed by atoms with E-state index in [1.54, 1.807) is 14.0 Å². The molecule has 2 atom stereocenters. The highest BCUT2D eigenvalue weighted by Crippen LogP contribution is 2.25. The second-order valence-electron chi connectivity index (χ2n) is 5.42. The number of carboxylic acids is 1. The normalized spacial score (nSPS) is 13.7. The molecule has 2 unspecified atom stereocenters. The van der Waals surface area contributed by atoms with Crippen LogP contribution < -0.4 is 10.1 Å². The van der Waals surface area contributed by atoms with Crippen molar-refractivity contribution in [2.45, 2.75) is 45.7 Å². The molecule has 0 aliphatic heterocycles. The number of rotatable bonds is 9. The van der Waals surface area contributed by atoms with Crippen LogP contribution in [0.25, 0.3) is 0 Å². The Bertz CT molecular complexity index is 465. The molecule has 0 heterocycles. The number of hydrogen-bond acceptors (Lipinski definition) is 3. The van der Waals surface area contributed by atoms with Crippen LogP contribution in [0.4, 0.5) is 0 Å². The van der Waals surface area contributed by atoms with E-state index in [9.17, 15) is 4.79 Å². The largest absolute Gasteiger partial charge is 0.496 e. The third-order valence-corrected chi connectivity index (χ3v) is 4.19.